The molecule has 0 aliphatic carbocycles. The molecule has 0 aromatic heterocycles. The molecule has 1 aliphatic rings. The van der Waals surface area contributed by atoms with Crippen LogP contribution in [0.15, 0.2) is 24.3 Å². The van der Waals surface area contributed by atoms with E-state index in [-0.39, 0.29) is 5.91 Å². The first-order chi connectivity index (χ1) is 9.66. The van der Waals surface area contributed by atoms with Gasteiger partial charge in [0.2, 0.25) is 5.91 Å². The topological polar surface area (TPSA) is 35.6 Å². The second kappa shape index (κ2) is 7.41. The molecule has 1 heterocycles. The van der Waals surface area contributed by atoms with Gasteiger partial charge >= 0.3 is 0 Å². The molecular weight excluding hydrogens is 250 g/mol. The van der Waals surface area contributed by atoms with E-state index >= 15 is 0 Å². The molecule has 1 fully saturated rings. The van der Waals surface area contributed by atoms with Crippen molar-refractivity contribution in [1.29, 1.82) is 0 Å². The van der Waals surface area contributed by atoms with Crippen LogP contribution in [0, 0.1) is 6.92 Å². The molecule has 2 rings (SSSR count). The van der Waals surface area contributed by atoms with Crippen LogP contribution < -0.4 is 5.32 Å². The number of carbonyl (C=O) groups is 1. The number of carbonyl (C=O) groups excluding carboxylic acids is 1. The van der Waals surface area contributed by atoms with E-state index in [4.69, 9.17) is 0 Å². The number of rotatable bonds is 4. The van der Waals surface area contributed by atoms with Crippen molar-refractivity contribution in [1.82, 2.24) is 15.1 Å². The van der Waals surface area contributed by atoms with Crippen LogP contribution in [0.4, 0.5) is 0 Å². The highest BCUT2D eigenvalue weighted by Crippen LogP contribution is 2.09. The number of benzene rings is 1. The summed E-state index contributed by atoms with van der Waals surface area (Å²) in [6, 6.07) is 8.35. The normalized spacial score (nSPS) is 16.2. The van der Waals surface area contributed by atoms with Crippen molar-refractivity contribution >= 4 is 5.91 Å². The van der Waals surface area contributed by atoms with Gasteiger partial charge < -0.3 is 10.2 Å². The van der Waals surface area contributed by atoms with Gasteiger partial charge in [0.15, 0.2) is 0 Å². The van der Waals surface area contributed by atoms with Crippen molar-refractivity contribution in [2.75, 3.05) is 39.8 Å². The maximum absolute atomic E-state index is 12.3. The average molecular weight is 275 g/mol. The van der Waals surface area contributed by atoms with Gasteiger partial charge in [-0.05, 0) is 38.1 Å². The van der Waals surface area contributed by atoms with Crippen LogP contribution in [0.3, 0.4) is 0 Å². The van der Waals surface area contributed by atoms with Crippen LogP contribution in [0.2, 0.25) is 0 Å². The minimum Gasteiger partial charge on any atom is -0.340 e. The third-order valence-corrected chi connectivity index (χ3v) is 3.80. The first kappa shape index (κ1) is 15.0. The number of hydrogen-bond acceptors (Lipinski definition) is 3. The lowest BCUT2D eigenvalue weighted by Gasteiger charge is -2.24. The molecule has 1 amide bonds. The summed E-state index contributed by atoms with van der Waals surface area (Å²) in [6.45, 7) is 7.07. The van der Waals surface area contributed by atoms with Crippen LogP contribution in [0.25, 0.3) is 0 Å². The predicted molar refractivity (Wildman–Crippen MR) is 81.6 cm³/mol. The smallest absolute Gasteiger partial charge is 0.236 e. The Morgan fingerprint density at radius 3 is 2.90 bits per heavy atom. The van der Waals surface area contributed by atoms with E-state index in [9.17, 15) is 4.79 Å². The zero-order chi connectivity index (χ0) is 14.4. The van der Waals surface area contributed by atoms with Gasteiger partial charge in [-0.15, -0.1) is 0 Å². The average Bonchev–Trinajstić information content (AvgIpc) is 2.70. The Kier molecular flexibility index (Phi) is 5.56. The van der Waals surface area contributed by atoms with Gasteiger partial charge in [0.05, 0.1) is 6.54 Å². The summed E-state index contributed by atoms with van der Waals surface area (Å²) in [5, 5.41) is 3.33. The fraction of sp³-hybridized carbons (Fsp3) is 0.562. The molecule has 4 nitrogen and oxygen atoms in total. The molecule has 0 bridgehead atoms. The van der Waals surface area contributed by atoms with E-state index in [0.717, 1.165) is 39.1 Å². The lowest BCUT2D eigenvalue weighted by Crippen LogP contribution is -2.40. The van der Waals surface area contributed by atoms with Gasteiger partial charge in [-0.25, -0.2) is 0 Å². The summed E-state index contributed by atoms with van der Waals surface area (Å²) >= 11 is 0. The van der Waals surface area contributed by atoms with Crippen LogP contribution in [0.5, 0.6) is 0 Å². The number of nitrogens with one attached hydrogen (secondary N) is 1. The lowest BCUT2D eigenvalue weighted by molar-refractivity contribution is -0.132. The van der Waals surface area contributed by atoms with E-state index in [1.54, 1.807) is 0 Å². The highest BCUT2D eigenvalue weighted by atomic mass is 16.2. The molecule has 1 aromatic rings. The van der Waals surface area contributed by atoms with Crippen molar-refractivity contribution in [2.24, 2.45) is 0 Å². The fourth-order valence-electron chi connectivity index (χ4n) is 2.56. The summed E-state index contributed by atoms with van der Waals surface area (Å²) in [5.74, 6) is 0.241. The molecule has 1 aromatic carbocycles. The van der Waals surface area contributed by atoms with Crippen molar-refractivity contribution in [3.8, 4) is 0 Å². The molecule has 1 N–H and O–H groups in total. The maximum Gasteiger partial charge on any atom is 0.236 e. The third kappa shape index (κ3) is 4.32. The molecule has 0 spiro atoms. The minimum atomic E-state index is 0.241. The largest absolute Gasteiger partial charge is 0.340 e. The Balaban J connectivity index is 1.85. The summed E-state index contributed by atoms with van der Waals surface area (Å²) in [5.41, 5.74) is 2.58. The predicted octanol–water partition coefficient (Wildman–Crippen LogP) is 1.25. The second-order valence-electron chi connectivity index (χ2n) is 5.58. The van der Waals surface area contributed by atoms with Crippen molar-refractivity contribution in [2.45, 2.75) is 19.9 Å². The molecule has 0 unspecified atom stereocenters. The van der Waals surface area contributed by atoms with Crippen molar-refractivity contribution in [3.63, 3.8) is 0 Å². The number of aryl methyl sites for hydroxylation is 1. The van der Waals surface area contributed by atoms with Gasteiger partial charge in [0.25, 0.3) is 0 Å². The molecule has 1 saturated heterocycles. The summed E-state index contributed by atoms with van der Waals surface area (Å²) in [7, 11) is 2.01. The zero-order valence-electron chi connectivity index (χ0n) is 12.6. The van der Waals surface area contributed by atoms with E-state index in [1.807, 2.05) is 18.0 Å². The summed E-state index contributed by atoms with van der Waals surface area (Å²) in [4.78, 5) is 16.4. The Bertz CT molecular complexity index is 439. The monoisotopic (exact) mass is 275 g/mol. The van der Waals surface area contributed by atoms with E-state index < -0.39 is 0 Å². The fourth-order valence-corrected chi connectivity index (χ4v) is 2.56. The SMILES string of the molecule is Cc1ccccc1CN(C)CC(=O)N1CCCNCC1. The Labute approximate surface area is 121 Å². The van der Waals surface area contributed by atoms with Crippen LogP contribution in [-0.4, -0.2) is 55.5 Å². The standard InChI is InChI=1S/C16H25N3O/c1-14-6-3-4-7-15(14)12-18(2)13-16(20)19-10-5-8-17-9-11-19/h3-4,6-7,17H,5,8-13H2,1-2H3. The molecule has 0 atom stereocenters. The molecule has 4 heteroatoms. The Morgan fingerprint density at radius 1 is 1.30 bits per heavy atom. The Morgan fingerprint density at radius 2 is 2.10 bits per heavy atom. The number of hydrogen-bond donors (Lipinski definition) is 1. The summed E-state index contributed by atoms with van der Waals surface area (Å²) < 4.78 is 0. The van der Waals surface area contributed by atoms with Crippen molar-refractivity contribution < 1.29 is 4.79 Å². The highest BCUT2D eigenvalue weighted by molar-refractivity contribution is 5.78. The van der Waals surface area contributed by atoms with E-state index in [1.165, 1.54) is 11.1 Å². The number of amides is 1. The van der Waals surface area contributed by atoms with Crippen LogP contribution >= 0.6 is 0 Å². The molecular formula is C16H25N3O. The van der Waals surface area contributed by atoms with Gasteiger partial charge in [0, 0.05) is 26.2 Å². The molecule has 110 valence electrons. The summed E-state index contributed by atoms with van der Waals surface area (Å²) in [6.07, 6.45) is 1.05. The molecule has 1 aliphatic heterocycles. The van der Waals surface area contributed by atoms with E-state index in [2.05, 4.69) is 35.3 Å². The number of likely N-dealkylation sites (N-methyl/N-ethyl adjacent to an activating group) is 1. The highest BCUT2D eigenvalue weighted by Gasteiger charge is 2.17. The molecule has 0 saturated carbocycles. The van der Waals surface area contributed by atoms with Crippen LogP contribution in [-0.2, 0) is 11.3 Å². The van der Waals surface area contributed by atoms with Crippen LogP contribution in [0.1, 0.15) is 17.5 Å². The number of nitrogens with zero attached hydrogens (tertiary/aromatic N) is 2. The lowest BCUT2D eigenvalue weighted by atomic mass is 10.1. The van der Waals surface area contributed by atoms with Gasteiger partial charge in [-0.1, -0.05) is 24.3 Å². The van der Waals surface area contributed by atoms with Crippen molar-refractivity contribution in [3.05, 3.63) is 35.4 Å². The maximum atomic E-state index is 12.3. The van der Waals surface area contributed by atoms with Gasteiger partial charge in [0.1, 0.15) is 0 Å². The second-order valence-corrected chi connectivity index (χ2v) is 5.58. The quantitative estimate of drug-likeness (QED) is 0.898. The first-order valence-corrected chi connectivity index (χ1v) is 7.38. The Hall–Kier alpha value is -1.39. The zero-order valence-corrected chi connectivity index (χ0v) is 12.6. The minimum absolute atomic E-state index is 0.241. The van der Waals surface area contributed by atoms with Gasteiger partial charge in [-0.2, -0.15) is 0 Å². The van der Waals surface area contributed by atoms with Gasteiger partial charge in [-0.3, -0.25) is 9.69 Å². The third-order valence-electron chi connectivity index (χ3n) is 3.80. The van der Waals surface area contributed by atoms with E-state index in [0.29, 0.717) is 6.54 Å². The first-order valence-electron chi connectivity index (χ1n) is 7.38. The molecule has 0 radical (unpaired) electrons. The molecule has 20 heavy (non-hydrogen) atoms.